The van der Waals surface area contributed by atoms with Gasteiger partial charge in [-0.1, -0.05) is 0 Å². The zero-order valence-corrected chi connectivity index (χ0v) is 16.8. The van der Waals surface area contributed by atoms with Gasteiger partial charge in [0.25, 0.3) is 5.91 Å². The Bertz CT molecular complexity index is 945. The molecule has 3 rings (SSSR count). The van der Waals surface area contributed by atoms with Crippen LogP contribution in [-0.2, 0) is 6.42 Å². The van der Waals surface area contributed by atoms with Gasteiger partial charge in [-0.3, -0.25) is 9.78 Å². The second kappa shape index (κ2) is 8.94. The average molecular weight is 480 g/mol. The maximum atomic E-state index is 13.1. The molecule has 0 fully saturated rings. The lowest BCUT2D eigenvalue weighted by Gasteiger charge is -2.08. The summed E-state index contributed by atoms with van der Waals surface area (Å²) in [5.74, 6) is 0.165. The normalized spacial score (nSPS) is 10.6. The van der Waals surface area contributed by atoms with Gasteiger partial charge in [-0.15, -0.1) is 0 Å². The van der Waals surface area contributed by atoms with Crippen molar-refractivity contribution in [3.8, 4) is 17.0 Å². The number of aryl methyl sites for hydroxylation is 1. The van der Waals surface area contributed by atoms with Gasteiger partial charge in [0, 0.05) is 18.3 Å². The third-order valence-corrected chi connectivity index (χ3v) is 4.83. The third kappa shape index (κ3) is 4.82. The summed E-state index contributed by atoms with van der Waals surface area (Å²) in [5, 5.41) is 2.86. The van der Waals surface area contributed by atoms with Crippen LogP contribution in [-0.4, -0.2) is 34.5 Å². The summed E-state index contributed by atoms with van der Waals surface area (Å²) >= 11 is 2.18. The minimum atomic E-state index is -0.355. The van der Waals surface area contributed by atoms with Gasteiger partial charge in [0.15, 0.2) is 5.69 Å². The number of hydrogen-bond donors (Lipinski definition) is 2. The smallest absolute Gasteiger partial charge is 0.272 e. The van der Waals surface area contributed by atoms with Crippen LogP contribution in [0.15, 0.2) is 43.0 Å². The Morgan fingerprint density at radius 2 is 2.19 bits per heavy atom. The molecule has 27 heavy (non-hydrogen) atoms. The van der Waals surface area contributed by atoms with Gasteiger partial charge in [-0.05, 0) is 65.3 Å². The van der Waals surface area contributed by atoms with E-state index >= 15 is 0 Å². The first-order chi connectivity index (χ1) is 13.1. The number of benzene rings is 1. The van der Waals surface area contributed by atoms with E-state index in [-0.39, 0.29) is 11.7 Å². The van der Waals surface area contributed by atoms with E-state index in [0.29, 0.717) is 30.8 Å². The number of methoxy groups -OCH3 is 1. The van der Waals surface area contributed by atoms with Crippen molar-refractivity contribution in [1.29, 1.82) is 0 Å². The van der Waals surface area contributed by atoms with Gasteiger partial charge in [0.1, 0.15) is 11.6 Å². The van der Waals surface area contributed by atoms with E-state index in [1.807, 2.05) is 18.2 Å². The molecule has 0 saturated heterocycles. The molecule has 1 aromatic carbocycles. The molecule has 0 saturated carbocycles. The van der Waals surface area contributed by atoms with Crippen molar-refractivity contribution >= 4 is 28.5 Å². The Kier molecular flexibility index (Phi) is 6.38. The Morgan fingerprint density at radius 3 is 2.93 bits per heavy atom. The van der Waals surface area contributed by atoms with E-state index in [2.05, 4.69) is 42.9 Å². The standard InChI is InChI=1S/C19H18FIN4O2/c1-27-16-5-4-13(8-15(16)21)17-18(25-11-24-17)19(26)23-6-2-3-12-7-14(20)10-22-9-12/h4-5,7-11H,2-3,6H2,1H3,(H,23,26)(H,24,25). The van der Waals surface area contributed by atoms with E-state index in [1.54, 1.807) is 13.3 Å². The highest BCUT2D eigenvalue weighted by atomic mass is 127. The first-order valence-corrected chi connectivity index (χ1v) is 9.41. The fraction of sp³-hybridized carbons (Fsp3) is 0.211. The zero-order valence-electron chi connectivity index (χ0n) is 14.6. The number of carbonyl (C=O) groups excluding carboxylic acids is 1. The number of hydrogen-bond acceptors (Lipinski definition) is 4. The number of imidazole rings is 1. The van der Waals surface area contributed by atoms with Crippen LogP contribution in [0.1, 0.15) is 22.5 Å². The number of pyridine rings is 1. The molecule has 3 aromatic rings. The monoisotopic (exact) mass is 480 g/mol. The number of aromatic amines is 1. The predicted octanol–water partition coefficient (Wildman–Crippen LogP) is 3.59. The Morgan fingerprint density at radius 1 is 1.33 bits per heavy atom. The highest BCUT2D eigenvalue weighted by Crippen LogP contribution is 2.28. The summed E-state index contributed by atoms with van der Waals surface area (Å²) in [5.41, 5.74) is 2.65. The predicted molar refractivity (Wildman–Crippen MR) is 108 cm³/mol. The van der Waals surface area contributed by atoms with E-state index in [0.717, 1.165) is 20.4 Å². The van der Waals surface area contributed by atoms with Crippen LogP contribution in [0.25, 0.3) is 11.3 Å². The summed E-state index contributed by atoms with van der Waals surface area (Å²) in [6, 6.07) is 7.11. The van der Waals surface area contributed by atoms with Crippen molar-refractivity contribution < 1.29 is 13.9 Å². The molecule has 2 aromatic heterocycles. The summed E-state index contributed by atoms with van der Waals surface area (Å²) in [7, 11) is 1.62. The minimum absolute atomic E-state index is 0.255. The van der Waals surface area contributed by atoms with Crippen molar-refractivity contribution in [1.82, 2.24) is 20.3 Å². The van der Waals surface area contributed by atoms with Gasteiger partial charge in [-0.2, -0.15) is 0 Å². The molecule has 2 heterocycles. The SMILES string of the molecule is COc1ccc(-c2[nH]cnc2C(=O)NCCCc2cncc(F)c2)cc1I. The molecule has 6 nitrogen and oxygen atoms in total. The van der Waals surface area contributed by atoms with Crippen molar-refractivity contribution in [3.63, 3.8) is 0 Å². The molecule has 0 aliphatic heterocycles. The van der Waals surface area contributed by atoms with Crippen molar-refractivity contribution in [3.05, 3.63) is 63.6 Å². The molecule has 2 N–H and O–H groups in total. The Labute approximate surface area is 169 Å². The van der Waals surface area contributed by atoms with Crippen molar-refractivity contribution in [2.24, 2.45) is 0 Å². The summed E-state index contributed by atoms with van der Waals surface area (Å²) in [6.45, 7) is 0.460. The number of ether oxygens (including phenoxy) is 1. The molecule has 1 amide bonds. The summed E-state index contributed by atoms with van der Waals surface area (Å²) in [6.07, 6.45) is 5.61. The van der Waals surface area contributed by atoms with Crippen LogP contribution in [0, 0.1) is 9.39 Å². The summed E-state index contributed by atoms with van der Waals surface area (Å²) in [4.78, 5) is 23.5. The molecule has 0 radical (unpaired) electrons. The lowest BCUT2D eigenvalue weighted by Crippen LogP contribution is -2.25. The number of rotatable bonds is 7. The van der Waals surface area contributed by atoms with Crippen LogP contribution in [0.3, 0.4) is 0 Å². The molecule has 0 spiro atoms. The molecule has 0 unspecified atom stereocenters. The molecule has 0 atom stereocenters. The minimum Gasteiger partial charge on any atom is -0.496 e. The van der Waals surface area contributed by atoms with Crippen LogP contribution >= 0.6 is 22.6 Å². The maximum absolute atomic E-state index is 13.1. The number of H-pyrrole nitrogens is 1. The van der Waals surface area contributed by atoms with Crippen LogP contribution in [0.5, 0.6) is 5.75 Å². The van der Waals surface area contributed by atoms with E-state index in [1.165, 1.54) is 18.6 Å². The van der Waals surface area contributed by atoms with Crippen LogP contribution < -0.4 is 10.1 Å². The van der Waals surface area contributed by atoms with E-state index in [9.17, 15) is 9.18 Å². The second-order valence-corrected chi connectivity index (χ2v) is 7.01. The van der Waals surface area contributed by atoms with Gasteiger partial charge < -0.3 is 15.0 Å². The molecule has 0 aliphatic rings. The summed E-state index contributed by atoms with van der Waals surface area (Å²) < 4.78 is 19.3. The number of nitrogens with one attached hydrogen (secondary N) is 2. The number of aromatic nitrogens is 3. The second-order valence-electron chi connectivity index (χ2n) is 5.85. The average Bonchev–Trinajstić information content (AvgIpc) is 3.15. The molecule has 0 bridgehead atoms. The largest absolute Gasteiger partial charge is 0.496 e. The molecular formula is C19H18FIN4O2. The molecule has 0 aliphatic carbocycles. The molecule has 8 heteroatoms. The highest BCUT2D eigenvalue weighted by molar-refractivity contribution is 14.1. The van der Waals surface area contributed by atoms with Gasteiger partial charge >= 0.3 is 0 Å². The number of amides is 1. The van der Waals surface area contributed by atoms with E-state index < -0.39 is 0 Å². The topological polar surface area (TPSA) is 79.9 Å². The first kappa shape index (κ1) is 19.3. The van der Waals surface area contributed by atoms with Gasteiger partial charge in [0.05, 0.1) is 28.9 Å². The zero-order chi connectivity index (χ0) is 19.2. The van der Waals surface area contributed by atoms with Crippen molar-refractivity contribution in [2.75, 3.05) is 13.7 Å². The fourth-order valence-electron chi connectivity index (χ4n) is 2.68. The first-order valence-electron chi connectivity index (χ1n) is 8.33. The lowest BCUT2D eigenvalue weighted by molar-refractivity contribution is 0.0949. The third-order valence-electron chi connectivity index (χ3n) is 3.98. The fourth-order valence-corrected chi connectivity index (χ4v) is 3.41. The van der Waals surface area contributed by atoms with Crippen LogP contribution in [0.4, 0.5) is 4.39 Å². The lowest BCUT2D eigenvalue weighted by atomic mass is 10.1. The highest BCUT2D eigenvalue weighted by Gasteiger charge is 2.16. The number of nitrogens with zero attached hydrogens (tertiary/aromatic N) is 2. The van der Waals surface area contributed by atoms with Gasteiger partial charge in [0.2, 0.25) is 0 Å². The molecular weight excluding hydrogens is 462 g/mol. The Hall–Kier alpha value is -2.49. The quantitative estimate of drug-likeness (QED) is 0.400. The van der Waals surface area contributed by atoms with E-state index in [4.69, 9.17) is 4.74 Å². The number of carbonyl (C=O) groups is 1. The maximum Gasteiger partial charge on any atom is 0.272 e. The van der Waals surface area contributed by atoms with Crippen molar-refractivity contribution in [2.45, 2.75) is 12.8 Å². The Balaban J connectivity index is 1.61. The molecule has 140 valence electrons. The number of halogens is 2. The van der Waals surface area contributed by atoms with Crippen LogP contribution in [0.2, 0.25) is 0 Å². The van der Waals surface area contributed by atoms with Gasteiger partial charge in [-0.25, -0.2) is 9.37 Å².